The summed E-state index contributed by atoms with van der Waals surface area (Å²) in [5.74, 6) is 2.12. The van der Waals surface area contributed by atoms with Crippen molar-refractivity contribution < 1.29 is 4.42 Å². The van der Waals surface area contributed by atoms with E-state index < -0.39 is 0 Å². The minimum atomic E-state index is 0.0571. The Morgan fingerprint density at radius 3 is 2.52 bits per heavy atom. The highest BCUT2D eigenvalue weighted by Gasteiger charge is 2.37. The van der Waals surface area contributed by atoms with Gasteiger partial charge in [0.2, 0.25) is 0 Å². The van der Waals surface area contributed by atoms with Crippen molar-refractivity contribution in [2.75, 3.05) is 16.4 Å². The first kappa shape index (κ1) is 17.5. The van der Waals surface area contributed by atoms with E-state index in [1.165, 1.54) is 6.33 Å². The number of hydrogen-bond acceptors (Lipinski definition) is 7. The van der Waals surface area contributed by atoms with Crippen LogP contribution in [-0.2, 0) is 6.54 Å². The molecule has 7 nitrogen and oxygen atoms in total. The third-order valence-electron chi connectivity index (χ3n) is 4.43. The smallest absolute Gasteiger partial charge is 0.155 e. The molecule has 1 aliphatic heterocycles. The molecule has 2 aromatic rings. The molecule has 0 bridgehead atoms. The Morgan fingerprint density at radius 1 is 1.20 bits per heavy atom. The number of hydrogen-bond donors (Lipinski definition) is 4. The number of piperidine rings is 1. The van der Waals surface area contributed by atoms with E-state index in [1.54, 1.807) is 6.26 Å². The first-order chi connectivity index (χ1) is 11.7. The largest absolute Gasteiger partial charge is 0.467 e. The van der Waals surface area contributed by atoms with Crippen molar-refractivity contribution in [2.45, 2.75) is 64.2 Å². The van der Waals surface area contributed by atoms with Gasteiger partial charge in [0.05, 0.1) is 12.8 Å². The summed E-state index contributed by atoms with van der Waals surface area (Å²) in [4.78, 5) is 8.59. The van der Waals surface area contributed by atoms with Crippen LogP contribution in [0.4, 0.5) is 17.3 Å². The van der Waals surface area contributed by atoms with Crippen LogP contribution in [0.25, 0.3) is 0 Å². The highest BCUT2D eigenvalue weighted by molar-refractivity contribution is 5.74. The zero-order valence-corrected chi connectivity index (χ0v) is 15.4. The normalized spacial score (nSPS) is 19.5. The number of nitrogens with zero attached hydrogens (tertiary/aromatic N) is 2. The molecule has 0 aromatic carbocycles. The van der Waals surface area contributed by atoms with Gasteiger partial charge in [-0.05, 0) is 52.7 Å². The van der Waals surface area contributed by atoms with Gasteiger partial charge < -0.3 is 26.1 Å². The van der Waals surface area contributed by atoms with Gasteiger partial charge in [0.15, 0.2) is 11.6 Å². The Kier molecular flexibility index (Phi) is 4.60. The van der Waals surface area contributed by atoms with Crippen molar-refractivity contribution in [3.8, 4) is 0 Å². The van der Waals surface area contributed by atoms with E-state index in [0.717, 1.165) is 18.6 Å². The van der Waals surface area contributed by atoms with E-state index in [2.05, 4.69) is 53.6 Å². The number of nitrogens with one attached hydrogen (secondary N) is 3. The molecule has 0 atom stereocenters. The average molecular weight is 344 g/mol. The quantitative estimate of drug-likeness (QED) is 0.661. The van der Waals surface area contributed by atoms with Crippen LogP contribution in [0.3, 0.4) is 0 Å². The summed E-state index contributed by atoms with van der Waals surface area (Å²) in [5, 5.41) is 10.4. The van der Waals surface area contributed by atoms with E-state index in [0.29, 0.717) is 29.9 Å². The molecular formula is C18H28N6O. The molecule has 1 saturated heterocycles. The molecular weight excluding hydrogens is 316 g/mol. The van der Waals surface area contributed by atoms with Crippen molar-refractivity contribution >= 4 is 17.3 Å². The summed E-state index contributed by atoms with van der Waals surface area (Å²) in [5.41, 5.74) is 6.92. The first-order valence-corrected chi connectivity index (χ1v) is 8.67. The molecule has 25 heavy (non-hydrogen) atoms. The van der Waals surface area contributed by atoms with Crippen LogP contribution in [0.1, 0.15) is 46.3 Å². The fourth-order valence-corrected chi connectivity index (χ4v) is 3.85. The van der Waals surface area contributed by atoms with Crippen LogP contribution in [0.15, 0.2) is 29.1 Å². The number of rotatable bonds is 5. The highest BCUT2D eigenvalue weighted by Crippen LogP contribution is 2.32. The molecule has 3 heterocycles. The third kappa shape index (κ3) is 4.42. The van der Waals surface area contributed by atoms with Crippen LogP contribution in [0.2, 0.25) is 0 Å². The summed E-state index contributed by atoms with van der Waals surface area (Å²) in [6.45, 7) is 9.43. The lowest BCUT2D eigenvalue weighted by Gasteiger charge is -2.46. The van der Waals surface area contributed by atoms with Crippen LogP contribution >= 0.6 is 0 Å². The summed E-state index contributed by atoms with van der Waals surface area (Å²) >= 11 is 0. The summed E-state index contributed by atoms with van der Waals surface area (Å²) in [6, 6.07) is 4.05. The van der Waals surface area contributed by atoms with Crippen LogP contribution < -0.4 is 21.7 Å². The molecule has 1 aliphatic rings. The maximum atomic E-state index is 6.28. The van der Waals surface area contributed by atoms with Crippen molar-refractivity contribution in [2.24, 2.45) is 0 Å². The highest BCUT2D eigenvalue weighted by atomic mass is 16.3. The lowest BCUT2D eigenvalue weighted by atomic mass is 9.79. The van der Waals surface area contributed by atoms with E-state index in [-0.39, 0.29) is 11.1 Å². The number of furan rings is 1. The Morgan fingerprint density at radius 2 is 1.88 bits per heavy atom. The van der Waals surface area contributed by atoms with E-state index >= 15 is 0 Å². The van der Waals surface area contributed by atoms with E-state index in [4.69, 9.17) is 10.2 Å². The average Bonchev–Trinajstić information content (AvgIpc) is 2.98. The Hall–Kier alpha value is -2.28. The zero-order chi connectivity index (χ0) is 18.1. The fourth-order valence-electron chi connectivity index (χ4n) is 3.85. The first-order valence-electron chi connectivity index (χ1n) is 8.67. The second-order valence-corrected chi connectivity index (χ2v) is 8.06. The second kappa shape index (κ2) is 6.55. The van der Waals surface area contributed by atoms with Crippen LogP contribution in [0.5, 0.6) is 0 Å². The molecule has 0 unspecified atom stereocenters. The molecule has 7 heteroatoms. The maximum Gasteiger partial charge on any atom is 0.155 e. The topological polar surface area (TPSA) is 101 Å². The van der Waals surface area contributed by atoms with E-state index in [9.17, 15) is 0 Å². The third-order valence-corrected chi connectivity index (χ3v) is 4.43. The minimum absolute atomic E-state index is 0.0571. The van der Waals surface area contributed by atoms with Gasteiger partial charge in [0, 0.05) is 17.1 Å². The molecule has 0 saturated carbocycles. The van der Waals surface area contributed by atoms with Gasteiger partial charge >= 0.3 is 0 Å². The van der Waals surface area contributed by atoms with Gasteiger partial charge in [-0.3, -0.25) is 0 Å². The number of nitrogen functional groups attached to an aromatic ring is 1. The molecule has 5 N–H and O–H groups in total. The summed E-state index contributed by atoms with van der Waals surface area (Å²) in [7, 11) is 0. The Balaban J connectivity index is 1.71. The lowest BCUT2D eigenvalue weighted by molar-refractivity contribution is 0.170. The van der Waals surface area contributed by atoms with Crippen molar-refractivity contribution in [1.82, 2.24) is 15.3 Å². The van der Waals surface area contributed by atoms with Crippen molar-refractivity contribution in [3.05, 3.63) is 30.5 Å². The maximum absolute atomic E-state index is 6.28. The zero-order valence-electron chi connectivity index (χ0n) is 15.4. The molecule has 0 spiro atoms. The summed E-state index contributed by atoms with van der Waals surface area (Å²) in [6.07, 6.45) is 5.17. The minimum Gasteiger partial charge on any atom is -0.467 e. The number of nitrogens with two attached hydrogens (primary N) is 1. The van der Waals surface area contributed by atoms with Crippen LogP contribution in [-0.4, -0.2) is 27.1 Å². The van der Waals surface area contributed by atoms with Crippen LogP contribution in [0, 0.1) is 0 Å². The molecule has 0 radical (unpaired) electrons. The van der Waals surface area contributed by atoms with Gasteiger partial charge in [-0.15, -0.1) is 0 Å². The number of anilines is 3. The van der Waals surface area contributed by atoms with E-state index in [1.807, 2.05) is 12.1 Å². The second-order valence-electron chi connectivity index (χ2n) is 8.06. The fraction of sp³-hybridized carbons (Fsp3) is 0.556. The van der Waals surface area contributed by atoms with Gasteiger partial charge in [0.25, 0.3) is 0 Å². The van der Waals surface area contributed by atoms with Gasteiger partial charge in [-0.1, -0.05) is 0 Å². The molecule has 3 rings (SSSR count). The number of aromatic nitrogens is 2. The molecule has 2 aromatic heterocycles. The predicted octanol–water partition coefficient (Wildman–Crippen LogP) is 2.99. The Bertz CT molecular complexity index is 694. The van der Waals surface area contributed by atoms with Gasteiger partial charge in [-0.25, -0.2) is 9.97 Å². The Labute approximate surface area is 148 Å². The monoisotopic (exact) mass is 344 g/mol. The molecule has 0 amide bonds. The SMILES string of the molecule is CC1(C)CC(Nc2ncnc(NCc3ccco3)c2N)CC(C)(C)N1. The van der Waals surface area contributed by atoms with Gasteiger partial charge in [0.1, 0.15) is 17.8 Å². The predicted molar refractivity (Wildman–Crippen MR) is 100 cm³/mol. The molecule has 1 fully saturated rings. The van der Waals surface area contributed by atoms with Gasteiger partial charge in [-0.2, -0.15) is 0 Å². The van der Waals surface area contributed by atoms with Crippen molar-refractivity contribution in [1.29, 1.82) is 0 Å². The molecule has 0 aliphatic carbocycles. The lowest BCUT2D eigenvalue weighted by Crippen LogP contribution is -2.60. The summed E-state index contributed by atoms with van der Waals surface area (Å²) < 4.78 is 5.32. The molecule has 136 valence electrons. The standard InChI is InChI=1S/C18H28N6O/c1-17(2)8-12(9-18(3,4)24-17)23-16-14(19)15(21-11-22-16)20-10-13-6-5-7-25-13/h5-7,11-12,24H,8-10,19H2,1-4H3,(H2,20,21,22,23). The van der Waals surface area contributed by atoms with Crippen molar-refractivity contribution in [3.63, 3.8) is 0 Å².